The van der Waals surface area contributed by atoms with Crippen molar-refractivity contribution in [2.45, 2.75) is 13.0 Å². The Balaban J connectivity index is 2.23. The van der Waals surface area contributed by atoms with Crippen LogP contribution in [0.1, 0.15) is 24.1 Å². The fourth-order valence-electron chi connectivity index (χ4n) is 2.35. The molecule has 2 aromatic heterocycles. The maximum atomic E-state index is 9.04. The van der Waals surface area contributed by atoms with E-state index in [1.807, 2.05) is 35.0 Å². The van der Waals surface area contributed by atoms with Gasteiger partial charge in [-0.05, 0) is 49.0 Å². The van der Waals surface area contributed by atoms with Crippen molar-refractivity contribution in [1.82, 2.24) is 14.5 Å². The molecule has 0 aliphatic heterocycles. The van der Waals surface area contributed by atoms with E-state index in [4.69, 9.17) is 17.5 Å². The molecule has 0 saturated carbocycles. The molecule has 0 amide bonds. The number of nitrogens with zero attached hydrogens (tertiary/aromatic N) is 3. The quantitative estimate of drug-likeness (QED) is 0.730. The first kappa shape index (κ1) is 12.6. The topological polar surface area (TPSA) is 57.4 Å². The van der Waals surface area contributed by atoms with Crippen molar-refractivity contribution < 1.29 is 0 Å². The van der Waals surface area contributed by atoms with Crippen molar-refractivity contribution in [2.24, 2.45) is 0 Å². The Hall–Kier alpha value is -2.45. The third-order valence-corrected chi connectivity index (χ3v) is 3.70. The molecule has 3 rings (SSSR count). The van der Waals surface area contributed by atoms with Crippen LogP contribution in [-0.4, -0.2) is 14.5 Å². The Morgan fingerprint density at radius 1 is 1.40 bits per heavy atom. The van der Waals surface area contributed by atoms with Gasteiger partial charge in [0.25, 0.3) is 0 Å². The van der Waals surface area contributed by atoms with E-state index in [2.05, 4.69) is 23.0 Å². The van der Waals surface area contributed by atoms with E-state index in [0.29, 0.717) is 10.3 Å². The van der Waals surface area contributed by atoms with E-state index >= 15 is 0 Å². The van der Waals surface area contributed by atoms with E-state index in [0.717, 1.165) is 16.6 Å². The van der Waals surface area contributed by atoms with Gasteiger partial charge in [-0.2, -0.15) is 5.26 Å². The molecule has 0 aliphatic carbocycles. The highest BCUT2D eigenvalue weighted by Gasteiger charge is 2.13. The first-order valence-corrected chi connectivity index (χ1v) is 6.66. The predicted octanol–water partition coefficient (Wildman–Crippen LogP) is 3.57. The molecule has 4 nitrogen and oxygen atoms in total. The van der Waals surface area contributed by atoms with Gasteiger partial charge in [0.2, 0.25) is 0 Å². The van der Waals surface area contributed by atoms with Crippen molar-refractivity contribution in [3.05, 3.63) is 58.6 Å². The third kappa shape index (κ3) is 2.00. The Labute approximate surface area is 121 Å². The molecule has 1 unspecified atom stereocenters. The zero-order valence-corrected chi connectivity index (χ0v) is 11.7. The van der Waals surface area contributed by atoms with Gasteiger partial charge in [-0.25, -0.2) is 0 Å². The average Bonchev–Trinajstić information content (AvgIpc) is 2.82. The van der Waals surface area contributed by atoms with E-state index in [1.54, 1.807) is 12.3 Å². The molecular weight excluding hydrogens is 268 g/mol. The minimum atomic E-state index is 0.0545. The third-order valence-electron chi connectivity index (χ3n) is 3.40. The summed E-state index contributed by atoms with van der Waals surface area (Å²) in [6.45, 7) is 2.07. The number of imidazole rings is 1. The SMILES string of the molecule is CC(c1cccnc1)n1c(=S)[nH]c2ccc(C#N)cc21. The van der Waals surface area contributed by atoms with Gasteiger partial charge in [-0.1, -0.05) is 6.07 Å². The van der Waals surface area contributed by atoms with Crippen molar-refractivity contribution in [3.8, 4) is 6.07 Å². The van der Waals surface area contributed by atoms with Crippen molar-refractivity contribution in [2.75, 3.05) is 0 Å². The lowest BCUT2D eigenvalue weighted by molar-refractivity contribution is 0.646. The van der Waals surface area contributed by atoms with Gasteiger partial charge in [0.05, 0.1) is 28.7 Å². The first-order chi connectivity index (χ1) is 9.70. The van der Waals surface area contributed by atoms with Crippen LogP contribution < -0.4 is 0 Å². The Kier molecular flexibility index (Phi) is 3.09. The molecule has 0 aliphatic rings. The molecule has 2 heterocycles. The van der Waals surface area contributed by atoms with E-state index < -0.39 is 0 Å². The largest absolute Gasteiger partial charge is 0.331 e. The predicted molar refractivity (Wildman–Crippen MR) is 79.9 cm³/mol. The summed E-state index contributed by atoms with van der Waals surface area (Å²) in [4.78, 5) is 7.33. The zero-order chi connectivity index (χ0) is 14.1. The molecule has 5 heteroatoms. The van der Waals surface area contributed by atoms with Crippen LogP contribution in [0.15, 0.2) is 42.7 Å². The van der Waals surface area contributed by atoms with Crippen molar-refractivity contribution >= 4 is 23.3 Å². The monoisotopic (exact) mass is 280 g/mol. The van der Waals surface area contributed by atoms with E-state index in [1.165, 1.54) is 0 Å². The fraction of sp³-hybridized carbons (Fsp3) is 0.133. The molecule has 1 N–H and O–H groups in total. The van der Waals surface area contributed by atoms with E-state index in [9.17, 15) is 0 Å². The lowest BCUT2D eigenvalue weighted by Gasteiger charge is -2.14. The van der Waals surface area contributed by atoms with Crippen molar-refractivity contribution in [1.29, 1.82) is 5.26 Å². The van der Waals surface area contributed by atoms with Crippen LogP contribution in [-0.2, 0) is 0 Å². The molecular formula is C15H12N4S. The van der Waals surface area contributed by atoms with Crippen LogP contribution in [0.3, 0.4) is 0 Å². The molecule has 0 fully saturated rings. The summed E-state index contributed by atoms with van der Waals surface area (Å²) in [6.07, 6.45) is 3.58. The number of benzene rings is 1. The Bertz CT molecular complexity index is 855. The first-order valence-electron chi connectivity index (χ1n) is 6.25. The summed E-state index contributed by atoms with van der Waals surface area (Å²) in [5.74, 6) is 0. The lowest BCUT2D eigenvalue weighted by Crippen LogP contribution is -2.07. The molecule has 0 spiro atoms. The summed E-state index contributed by atoms with van der Waals surface area (Å²) in [5, 5.41) is 9.04. The Morgan fingerprint density at radius 2 is 2.25 bits per heavy atom. The van der Waals surface area contributed by atoms with E-state index in [-0.39, 0.29) is 6.04 Å². The molecule has 98 valence electrons. The number of hydrogen-bond donors (Lipinski definition) is 1. The zero-order valence-electron chi connectivity index (χ0n) is 10.9. The van der Waals surface area contributed by atoms with Crippen molar-refractivity contribution in [3.63, 3.8) is 0 Å². The molecule has 20 heavy (non-hydrogen) atoms. The van der Waals surface area contributed by atoms with Gasteiger partial charge in [0.1, 0.15) is 0 Å². The maximum Gasteiger partial charge on any atom is 0.178 e. The maximum absolute atomic E-state index is 9.04. The molecule has 1 aromatic carbocycles. The normalized spacial score (nSPS) is 12.2. The number of fused-ring (bicyclic) bond motifs is 1. The molecule has 0 saturated heterocycles. The van der Waals surface area contributed by atoms with Crippen LogP contribution in [0.2, 0.25) is 0 Å². The highest BCUT2D eigenvalue weighted by Crippen LogP contribution is 2.24. The number of H-pyrrole nitrogens is 1. The summed E-state index contributed by atoms with van der Waals surface area (Å²) >= 11 is 5.41. The smallest absolute Gasteiger partial charge is 0.178 e. The number of aromatic nitrogens is 3. The summed E-state index contributed by atoms with van der Waals surface area (Å²) < 4.78 is 2.66. The van der Waals surface area contributed by atoms with Gasteiger partial charge in [-0.3, -0.25) is 4.98 Å². The van der Waals surface area contributed by atoms with Gasteiger partial charge in [0, 0.05) is 12.4 Å². The summed E-state index contributed by atoms with van der Waals surface area (Å²) in [6, 6.07) is 11.7. The second kappa shape index (κ2) is 4.91. The average molecular weight is 280 g/mol. The molecule has 1 atom stereocenters. The standard InChI is InChI=1S/C15H12N4S/c1-10(12-3-2-6-17-9-12)19-14-7-11(8-16)4-5-13(14)18-15(19)20/h2-7,9-10H,1H3,(H,18,20). The van der Waals surface area contributed by atoms with Gasteiger partial charge < -0.3 is 9.55 Å². The number of hydrogen-bond acceptors (Lipinski definition) is 3. The Morgan fingerprint density at radius 3 is 2.95 bits per heavy atom. The van der Waals surface area contributed by atoms with Gasteiger partial charge in [-0.15, -0.1) is 0 Å². The number of nitriles is 1. The number of rotatable bonds is 2. The van der Waals surface area contributed by atoms with Crippen LogP contribution in [0.4, 0.5) is 0 Å². The van der Waals surface area contributed by atoms with Crippen LogP contribution in [0, 0.1) is 16.1 Å². The number of aromatic amines is 1. The summed E-state index contributed by atoms with van der Waals surface area (Å²) in [5.41, 5.74) is 3.57. The second-order valence-electron chi connectivity index (χ2n) is 4.61. The van der Waals surface area contributed by atoms with Gasteiger partial charge in [0.15, 0.2) is 4.77 Å². The highest BCUT2D eigenvalue weighted by molar-refractivity contribution is 7.71. The number of nitrogens with one attached hydrogen (secondary N) is 1. The molecule has 0 bridgehead atoms. The van der Waals surface area contributed by atoms with Crippen LogP contribution in [0.25, 0.3) is 11.0 Å². The minimum Gasteiger partial charge on any atom is -0.331 e. The molecule has 3 aromatic rings. The highest BCUT2D eigenvalue weighted by atomic mass is 32.1. The second-order valence-corrected chi connectivity index (χ2v) is 4.99. The summed E-state index contributed by atoms with van der Waals surface area (Å²) in [7, 11) is 0. The lowest BCUT2D eigenvalue weighted by atomic mass is 10.1. The van der Waals surface area contributed by atoms with Crippen LogP contribution >= 0.6 is 12.2 Å². The van der Waals surface area contributed by atoms with Crippen LogP contribution in [0.5, 0.6) is 0 Å². The number of pyridine rings is 1. The molecule has 0 radical (unpaired) electrons. The van der Waals surface area contributed by atoms with Gasteiger partial charge >= 0.3 is 0 Å². The fourth-order valence-corrected chi connectivity index (χ4v) is 2.71. The minimum absolute atomic E-state index is 0.0545.